The highest BCUT2D eigenvalue weighted by molar-refractivity contribution is 7.88. The van der Waals surface area contributed by atoms with E-state index in [1.54, 1.807) is 29.2 Å². The van der Waals surface area contributed by atoms with Crippen molar-refractivity contribution in [3.63, 3.8) is 0 Å². The van der Waals surface area contributed by atoms with Crippen molar-refractivity contribution in [2.45, 2.75) is 18.6 Å². The van der Waals surface area contributed by atoms with E-state index in [0.29, 0.717) is 50.7 Å². The average molecular weight is 437 g/mol. The van der Waals surface area contributed by atoms with Gasteiger partial charge in [-0.05, 0) is 36.2 Å². The maximum absolute atomic E-state index is 12.6. The van der Waals surface area contributed by atoms with E-state index < -0.39 is 10.0 Å². The van der Waals surface area contributed by atoms with Crippen molar-refractivity contribution in [1.29, 1.82) is 0 Å². The van der Waals surface area contributed by atoms with Gasteiger partial charge in [0.15, 0.2) is 0 Å². The van der Waals surface area contributed by atoms with Crippen LogP contribution in [0.2, 0.25) is 5.02 Å². The number of carbonyl (C=O) groups is 1. The zero-order chi connectivity index (χ0) is 20.7. The third-order valence-electron chi connectivity index (χ3n) is 4.79. The maximum atomic E-state index is 12.6. The molecule has 0 atom stereocenters. The van der Waals surface area contributed by atoms with E-state index in [-0.39, 0.29) is 11.7 Å². The van der Waals surface area contributed by atoms with Crippen molar-refractivity contribution in [2.24, 2.45) is 0 Å². The van der Waals surface area contributed by atoms with E-state index in [4.69, 9.17) is 16.3 Å². The molecule has 156 valence electrons. The monoisotopic (exact) mass is 436 g/mol. The Labute approximate surface area is 177 Å². The van der Waals surface area contributed by atoms with Crippen molar-refractivity contribution in [3.05, 3.63) is 65.2 Å². The molecule has 0 N–H and O–H groups in total. The maximum Gasteiger partial charge on any atom is 0.222 e. The lowest BCUT2D eigenvalue weighted by Crippen LogP contribution is -2.50. The number of nitrogens with zero attached hydrogens (tertiary/aromatic N) is 2. The van der Waals surface area contributed by atoms with Gasteiger partial charge in [0.05, 0.1) is 12.4 Å². The van der Waals surface area contributed by atoms with Crippen molar-refractivity contribution in [2.75, 3.05) is 32.8 Å². The van der Waals surface area contributed by atoms with Crippen LogP contribution in [0.25, 0.3) is 0 Å². The number of hydrogen-bond donors (Lipinski definition) is 0. The number of ether oxygens (including phenoxy) is 1. The molecule has 1 fully saturated rings. The van der Waals surface area contributed by atoms with E-state index in [1.165, 1.54) is 4.31 Å². The molecule has 0 unspecified atom stereocenters. The molecule has 0 radical (unpaired) electrons. The van der Waals surface area contributed by atoms with E-state index in [9.17, 15) is 13.2 Å². The minimum Gasteiger partial charge on any atom is -0.494 e. The molecule has 1 heterocycles. The van der Waals surface area contributed by atoms with E-state index in [0.717, 1.165) is 11.3 Å². The van der Waals surface area contributed by atoms with E-state index in [2.05, 4.69) is 0 Å². The minimum absolute atomic E-state index is 0.0101. The number of benzene rings is 2. The molecule has 8 heteroatoms. The Bertz CT molecular complexity index is 896. The molecule has 0 aromatic heterocycles. The van der Waals surface area contributed by atoms with Crippen LogP contribution in [0.15, 0.2) is 54.6 Å². The Morgan fingerprint density at radius 1 is 0.966 bits per heavy atom. The Morgan fingerprint density at radius 3 is 2.28 bits per heavy atom. The third kappa shape index (κ3) is 6.45. The van der Waals surface area contributed by atoms with Crippen molar-refractivity contribution in [1.82, 2.24) is 9.21 Å². The van der Waals surface area contributed by atoms with Crippen LogP contribution >= 0.6 is 11.6 Å². The molecule has 2 aromatic rings. The number of sulfonamides is 1. The first-order valence-electron chi connectivity index (χ1n) is 9.62. The second-order valence-electron chi connectivity index (χ2n) is 6.93. The summed E-state index contributed by atoms with van der Waals surface area (Å²) in [7, 11) is -3.37. The fraction of sp³-hybridized carbons (Fsp3) is 0.381. The Hall–Kier alpha value is -2.09. The summed E-state index contributed by atoms with van der Waals surface area (Å²) in [4.78, 5) is 14.1. The van der Waals surface area contributed by atoms with E-state index in [1.807, 2.05) is 30.3 Å². The summed E-state index contributed by atoms with van der Waals surface area (Å²) in [6, 6.07) is 16.2. The van der Waals surface area contributed by atoms with Crippen molar-refractivity contribution in [3.8, 4) is 5.75 Å². The third-order valence-corrected chi connectivity index (χ3v) is 6.90. The summed E-state index contributed by atoms with van der Waals surface area (Å²) >= 11 is 5.83. The number of rotatable bonds is 8. The van der Waals surface area contributed by atoms with Gasteiger partial charge in [-0.25, -0.2) is 8.42 Å². The molecule has 1 aliphatic rings. The quantitative estimate of drug-likeness (QED) is 0.596. The molecule has 0 spiro atoms. The van der Waals surface area contributed by atoms with Gasteiger partial charge in [-0.1, -0.05) is 41.9 Å². The van der Waals surface area contributed by atoms with Gasteiger partial charge >= 0.3 is 0 Å². The summed E-state index contributed by atoms with van der Waals surface area (Å²) in [6.45, 7) is 1.96. The highest BCUT2D eigenvalue weighted by Gasteiger charge is 2.28. The zero-order valence-electron chi connectivity index (χ0n) is 16.2. The minimum atomic E-state index is -3.37. The van der Waals surface area contributed by atoms with Crippen LogP contribution in [0.1, 0.15) is 18.4 Å². The molecule has 3 rings (SSSR count). The lowest BCUT2D eigenvalue weighted by Gasteiger charge is -2.34. The fourth-order valence-electron chi connectivity index (χ4n) is 3.19. The predicted octanol–water partition coefficient (Wildman–Crippen LogP) is 3.17. The molecule has 1 saturated heterocycles. The van der Waals surface area contributed by atoms with Crippen LogP contribution < -0.4 is 4.74 Å². The fourth-order valence-corrected chi connectivity index (χ4v) is 4.84. The molecule has 2 aromatic carbocycles. The van der Waals surface area contributed by atoms with Crippen molar-refractivity contribution >= 4 is 27.5 Å². The van der Waals surface area contributed by atoms with E-state index >= 15 is 0 Å². The SMILES string of the molecule is O=C(CCCOc1ccc(Cl)cc1)N1CCN(S(=O)(=O)Cc2ccccc2)CC1. The Morgan fingerprint density at radius 2 is 1.62 bits per heavy atom. The molecular weight excluding hydrogens is 412 g/mol. The highest BCUT2D eigenvalue weighted by Crippen LogP contribution is 2.17. The summed E-state index contributed by atoms with van der Waals surface area (Å²) in [6.07, 6.45) is 0.984. The Kier molecular flexibility index (Phi) is 7.52. The molecule has 0 saturated carbocycles. The largest absolute Gasteiger partial charge is 0.494 e. The summed E-state index contributed by atoms with van der Waals surface area (Å²) < 4.78 is 32.3. The van der Waals surface area contributed by atoms with Gasteiger partial charge in [0.2, 0.25) is 15.9 Å². The molecule has 0 bridgehead atoms. The van der Waals surface area contributed by atoms with Gasteiger partial charge in [0.25, 0.3) is 0 Å². The van der Waals surface area contributed by atoms with Gasteiger partial charge < -0.3 is 9.64 Å². The van der Waals surface area contributed by atoms with Crippen LogP contribution in [-0.4, -0.2) is 56.3 Å². The molecule has 1 aliphatic heterocycles. The number of piperazine rings is 1. The molecule has 6 nitrogen and oxygen atoms in total. The zero-order valence-corrected chi connectivity index (χ0v) is 17.7. The first kappa shape index (κ1) is 21.6. The van der Waals surface area contributed by atoms with Gasteiger partial charge in [-0.3, -0.25) is 4.79 Å². The predicted molar refractivity (Wildman–Crippen MR) is 113 cm³/mol. The Balaban J connectivity index is 1.39. The molecular formula is C21H25ClN2O4S. The smallest absolute Gasteiger partial charge is 0.222 e. The summed E-state index contributed by atoms with van der Waals surface area (Å²) in [5, 5.41) is 0.650. The van der Waals surface area contributed by atoms with Crippen LogP contribution in [0.3, 0.4) is 0 Å². The first-order chi connectivity index (χ1) is 13.9. The van der Waals surface area contributed by atoms with Crippen molar-refractivity contribution < 1.29 is 17.9 Å². The second-order valence-corrected chi connectivity index (χ2v) is 9.33. The number of amides is 1. The normalized spacial score (nSPS) is 15.3. The summed E-state index contributed by atoms with van der Waals surface area (Å²) in [5.41, 5.74) is 0.770. The first-order valence-corrected chi connectivity index (χ1v) is 11.6. The second kappa shape index (κ2) is 10.1. The average Bonchev–Trinajstić information content (AvgIpc) is 2.73. The number of hydrogen-bond acceptors (Lipinski definition) is 4. The van der Waals surface area contributed by atoms with Crippen LogP contribution in [0.4, 0.5) is 0 Å². The molecule has 1 amide bonds. The molecule has 29 heavy (non-hydrogen) atoms. The van der Waals surface area contributed by atoms with Gasteiger partial charge in [-0.2, -0.15) is 4.31 Å². The van der Waals surface area contributed by atoms with Crippen LogP contribution in [0, 0.1) is 0 Å². The van der Waals surface area contributed by atoms with Crippen LogP contribution in [0.5, 0.6) is 5.75 Å². The van der Waals surface area contributed by atoms with Gasteiger partial charge in [0, 0.05) is 37.6 Å². The standard InChI is InChI=1S/C21H25ClN2O4S/c22-19-8-10-20(11-9-19)28-16-4-7-21(25)23-12-14-24(15-13-23)29(26,27)17-18-5-2-1-3-6-18/h1-3,5-6,8-11H,4,7,12-17H2. The lowest BCUT2D eigenvalue weighted by molar-refractivity contribution is -0.132. The van der Waals surface area contributed by atoms with Crippen LogP contribution in [-0.2, 0) is 20.6 Å². The van der Waals surface area contributed by atoms with Gasteiger partial charge in [-0.15, -0.1) is 0 Å². The topological polar surface area (TPSA) is 66.9 Å². The number of carbonyl (C=O) groups excluding carboxylic acids is 1. The number of halogens is 1. The van der Waals surface area contributed by atoms with Gasteiger partial charge in [0.1, 0.15) is 5.75 Å². The molecule has 0 aliphatic carbocycles. The lowest BCUT2D eigenvalue weighted by atomic mass is 10.2. The highest BCUT2D eigenvalue weighted by atomic mass is 35.5. The summed E-state index contributed by atoms with van der Waals surface area (Å²) in [5.74, 6) is 0.744.